The maximum atomic E-state index is 11.6. The van der Waals surface area contributed by atoms with Gasteiger partial charge in [0.15, 0.2) is 0 Å². The molecule has 1 atom stereocenters. The van der Waals surface area contributed by atoms with Gasteiger partial charge in [-0.2, -0.15) is 0 Å². The number of anilines is 1. The Bertz CT molecular complexity index is 387. The number of carbonyl (C=O) groups excluding carboxylic acids is 1. The predicted molar refractivity (Wildman–Crippen MR) is 58.1 cm³/mol. The Morgan fingerprint density at radius 2 is 2.00 bits per heavy atom. The van der Waals surface area contributed by atoms with Crippen molar-refractivity contribution >= 4 is 23.5 Å². The fourth-order valence-corrected chi connectivity index (χ4v) is 1.96. The van der Waals surface area contributed by atoms with Crippen molar-refractivity contribution < 1.29 is 4.79 Å². The van der Waals surface area contributed by atoms with Gasteiger partial charge in [-0.25, -0.2) is 9.97 Å². The van der Waals surface area contributed by atoms with Gasteiger partial charge in [-0.05, 0) is 19.9 Å². The fraction of sp³-hybridized carbons (Fsp3) is 0.500. The summed E-state index contributed by atoms with van der Waals surface area (Å²) in [7, 11) is 0. The van der Waals surface area contributed by atoms with Gasteiger partial charge in [-0.15, -0.1) is 11.6 Å². The molecule has 1 aliphatic heterocycles. The lowest BCUT2D eigenvalue weighted by Crippen LogP contribution is -2.27. The number of amides is 1. The topological polar surface area (TPSA) is 46.1 Å². The lowest BCUT2D eigenvalue weighted by atomic mass is 10.3. The van der Waals surface area contributed by atoms with Gasteiger partial charge in [-0.3, -0.25) is 9.69 Å². The molecule has 4 nitrogen and oxygen atoms in total. The third-order valence-electron chi connectivity index (χ3n) is 2.29. The Morgan fingerprint density at radius 1 is 1.40 bits per heavy atom. The summed E-state index contributed by atoms with van der Waals surface area (Å²) in [6, 6.07) is 1.88. The third-order valence-corrected chi connectivity index (χ3v) is 2.58. The summed E-state index contributed by atoms with van der Waals surface area (Å²) >= 11 is 5.91. The van der Waals surface area contributed by atoms with Crippen molar-refractivity contribution in [2.24, 2.45) is 0 Å². The van der Waals surface area contributed by atoms with Gasteiger partial charge < -0.3 is 0 Å². The van der Waals surface area contributed by atoms with E-state index in [0.29, 0.717) is 18.9 Å². The van der Waals surface area contributed by atoms with E-state index in [-0.39, 0.29) is 11.3 Å². The molecule has 1 unspecified atom stereocenters. The monoisotopic (exact) mass is 225 g/mol. The minimum atomic E-state index is -0.123. The number of aryl methyl sites for hydroxylation is 2. The second-order valence-electron chi connectivity index (χ2n) is 3.76. The molecule has 1 aromatic heterocycles. The maximum Gasteiger partial charge on any atom is 0.232 e. The largest absolute Gasteiger partial charge is 0.279 e. The molecular weight excluding hydrogens is 214 g/mol. The SMILES string of the molecule is Cc1cc(C)nc(N2CC(Cl)CC2=O)n1. The highest BCUT2D eigenvalue weighted by molar-refractivity contribution is 6.24. The average Bonchev–Trinajstić information content (AvgIpc) is 2.43. The van der Waals surface area contributed by atoms with E-state index in [2.05, 4.69) is 9.97 Å². The maximum absolute atomic E-state index is 11.6. The summed E-state index contributed by atoms with van der Waals surface area (Å²) < 4.78 is 0. The molecular formula is C10H12ClN3O. The molecule has 15 heavy (non-hydrogen) atoms. The van der Waals surface area contributed by atoms with Crippen LogP contribution in [0.4, 0.5) is 5.95 Å². The summed E-state index contributed by atoms with van der Waals surface area (Å²) in [5.41, 5.74) is 1.73. The van der Waals surface area contributed by atoms with E-state index in [9.17, 15) is 4.79 Å². The van der Waals surface area contributed by atoms with E-state index in [1.54, 1.807) is 4.90 Å². The second-order valence-corrected chi connectivity index (χ2v) is 4.37. The Labute approximate surface area is 93.3 Å². The van der Waals surface area contributed by atoms with Gasteiger partial charge in [0, 0.05) is 24.4 Å². The molecule has 0 saturated carbocycles. The van der Waals surface area contributed by atoms with Crippen LogP contribution in [0.1, 0.15) is 17.8 Å². The molecule has 0 N–H and O–H groups in total. The summed E-state index contributed by atoms with van der Waals surface area (Å²) in [6.45, 7) is 4.27. The molecule has 80 valence electrons. The zero-order valence-corrected chi connectivity index (χ0v) is 9.45. The van der Waals surface area contributed by atoms with Gasteiger partial charge >= 0.3 is 0 Å². The van der Waals surface area contributed by atoms with E-state index < -0.39 is 0 Å². The zero-order valence-electron chi connectivity index (χ0n) is 8.70. The molecule has 0 spiro atoms. The smallest absolute Gasteiger partial charge is 0.232 e. The van der Waals surface area contributed by atoms with E-state index in [4.69, 9.17) is 11.6 Å². The molecule has 0 aromatic carbocycles. The molecule has 1 amide bonds. The molecule has 0 aliphatic carbocycles. The van der Waals surface area contributed by atoms with Crippen molar-refractivity contribution in [1.82, 2.24) is 9.97 Å². The average molecular weight is 226 g/mol. The Hall–Kier alpha value is -1.16. The van der Waals surface area contributed by atoms with E-state index in [0.717, 1.165) is 11.4 Å². The van der Waals surface area contributed by atoms with E-state index in [1.165, 1.54) is 0 Å². The zero-order chi connectivity index (χ0) is 11.0. The third kappa shape index (κ3) is 2.09. The summed E-state index contributed by atoms with van der Waals surface area (Å²) in [5, 5.41) is -0.123. The van der Waals surface area contributed by atoms with Crippen LogP contribution in [0.15, 0.2) is 6.07 Å². The van der Waals surface area contributed by atoms with Gasteiger partial charge in [-0.1, -0.05) is 0 Å². The van der Waals surface area contributed by atoms with Crippen LogP contribution in [-0.2, 0) is 4.79 Å². The minimum Gasteiger partial charge on any atom is -0.279 e. The van der Waals surface area contributed by atoms with Crippen LogP contribution >= 0.6 is 11.6 Å². The van der Waals surface area contributed by atoms with Crippen LogP contribution in [0.3, 0.4) is 0 Å². The molecule has 1 aliphatic rings. The number of carbonyl (C=O) groups is 1. The number of nitrogens with zero attached hydrogens (tertiary/aromatic N) is 3. The lowest BCUT2D eigenvalue weighted by Gasteiger charge is -2.14. The molecule has 1 saturated heterocycles. The number of aromatic nitrogens is 2. The highest BCUT2D eigenvalue weighted by atomic mass is 35.5. The van der Waals surface area contributed by atoms with Crippen LogP contribution in [0.25, 0.3) is 0 Å². The summed E-state index contributed by atoms with van der Waals surface area (Å²) in [6.07, 6.45) is 0.373. The van der Waals surface area contributed by atoms with Crippen LogP contribution in [-0.4, -0.2) is 27.8 Å². The molecule has 0 bridgehead atoms. The highest BCUT2D eigenvalue weighted by Crippen LogP contribution is 2.21. The first kappa shape index (κ1) is 10.4. The quantitative estimate of drug-likeness (QED) is 0.680. The van der Waals surface area contributed by atoms with Crippen LogP contribution in [0.5, 0.6) is 0 Å². The Morgan fingerprint density at radius 3 is 2.47 bits per heavy atom. The van der Waals surface area contributed by atoms with Gasteiger partial charge in [0.05, 0.1) is 5.38 Å². The highest BCUT2D eigenvalue weighted by Gasteiger charge is 2.30. The standard InChI is InChI=1S/C10H12ClN3O/c1-6-3-7(2)13-10(12-6)14-5-8(11)4-9(14)15/h3,8H,4-5H2,1-2H3. The van der Waals surface area contributed by atoms with Gasteiger partial charge in [0.1, 0.15) is 0 Å². The molecule has 2 rings (SSSR count). The van der Waals surface area contributed by atoms with E-state index in [1.807, 2.05) is 19.9 Å². The Balaban J connectivity index is 2.33. The molecule has 5 heteroatoms. The van der Waals surface area contributed by atoms with Crippen molar-refractivity contribution in [3.63, 3.8) is 0 Å². The predicted octanol–water partition coefficient (Wildman–Crippen LogP) is 1.44. The number of hydrogen-bond donors (Lipinski definition) is 0. The van der Waals surface area contributed by atoms with Crippen molar-refractivity contribution in [3.8, 4) is 0 Å². The van der Waals surface area contributed by atoms with Gasteiger partial charge in [0.2, 0.25) is 11.9 Å². The summed E-state index contributed by atoms with van der Waals surface area (Å²) in [5.74, 6) is 0.473. The Kier molecular flexibility index (Phi) is 2.61. The van der Waals surface area contributed by atoms with Gasteiger partial charge in [0.25, 0.3) is 0 Å². The van der Waals surface area contributed by atoms with Crippen molar-refractivity contribution in [1.29, 1.82) is 0 Å². The molecule has 1 fully saturated rings. The number of hydrogen-bond acceptors (Lipinski definition) is 3. The van der Waals surface area contributed by atoms with Crippen LogP contribution in [0.2, 0.25) is 0 Å². The second kappa shape index (κ2) is 3.77. The molecule has 2 heterocycles. The van der Waals surface area contributed by atoms with Crippen molar-refractivity contribution in [3.05, 3.63) is 17.5 Å². The first-order valence-electron chi connectivity index (χ1n) is 4.83. The number of alkyl halides is 1. The minimum absolute atomic E-state index is 0.000000000000000444. The fourth-order valence-electron chi connectivity index (χ4n) is 1.69. The first-order valence-corrected chi connectivity index (χ1v) is 5.26. The van der Waals surface area contributed by atoms with Crippen molar-refractivity contribution in [2.75, 3.05) is 11.4 Å². The normalized spacial score (nSPS) is 21.1. The van der Waals surface area contributed by atoms with Crippen LogP contribution in [0, 0.1) is 13.8 Å². The number of halogens is 1. The lowest BCUT2D eigenvalue weighted by molar-refractivity contribution is -0.117. The first-order chi connectivity index (χ1) is 7.06. The van der Waals surface area contributed by atoms with Crippen LogP contribution < -0.4 is 4.90 Å². The van der Waals surface area contributed by atoms with Crippen molar-refractivity contribution in [2.45, 2.75) is 25.6 Å². The van der Waals surface area contributed by atoms with E-state index >= 15 is 0 Å². The summed E-state index contributed by atoms with van der Waals surface area (Å²) in [4.78, 5) is 21.6. The number of rotatable bonds is 1. The molecule has 0 radical (unpaired) electrons. The molecule has 1 aromatic rings.